The third-order valence-electron chi connectivity index (χ3n) is 2.51. The molecule has 16 heavy (non-hydrogen) atoms. The lowest BCUT2D eigenvalue weighted by atomic mass is 10.0. The summed E-state index contributed by atoms with van der Waals surface area (Å²) >= 11 is 3.33. The predicted molar refractivity (Wildman–Crippen MR) is 64.2 cm³/mol. The fourth-order valence-corrected chi connectivity index (χ4v) is 1.65. The number of rotatable bonds is 4. The van der Waals surface area contributed by atoms with Crippen molar-refractivity contribution in [3.63, 3.8) is 0 Å². The van der Waals surface area contributed by atoms with Crippen molar-refractivity contribution in [1.29, 1.82) is 0 Å². The van der Waals surface area contributed by atoms with Gasteiger partial charge in [0, 0.05) is 17.1 Å². The van der Waals surface area contributed by atoms with Gasteiger partial charge in [-0.1, -0.05) is 22.9 Å². The Kier molecular flexibility index (Phi) is 4.41. The zero-order chi connectivity index (χ0) is 12.2. The number of alkyl halides is 1. The summed E-state index contributed by atoms with van der Waals surface area (Å²) in [5.74, 6) is -1.02. The minimum Gasteiger partial charge on any atom is -0.346 e. The summed E-state index contributed by atoms with van der Waals surface area (Å²) in [6, 6.07) is 1.37. The van der Waals surface area contributed by atoms with Crippen molar-refractivity contribution in [2.75, 3.05) is 5.33 Å². The van der Waals surface area contributed by atoms with Crippen LogP contribution in [0.2, 0.25) is 0 Å². The fraction of sp³-hybridized carbons (Fsp3) is 0.455. The van der Waals surface area contributed by atoms with Gasteiger partial charge in [0.05, 0.1) is 11.8 Å². The number of nitrogens with zero attached hydrogens (tertiary/aromatic N) is 1. The van der Waals surface area contributed by atoms with Crippen LogP contribution < -0.4 is 5.32 Å². The molecule has 0 saturated heterocycles. The zero-order valence-corrected chi connectivity index (χ0v) is 10.8. The van der Waals surface area contributed by atoms with Crippen molar-refractivity contribution in [3.05, 3.63) is 29.8 Å². The number of amides is 1. The molecule has 1 aromatic heterocycles. The van der Waals surface area contributed by atoms with Crippen LogP contribution in [-0.2, 0) is 0 Å². The summed E-state index contributed by atoms with van der Waals surface area (Å²) in [6.45, 7) is 3.86. The van der Waals surface area contributed by atoms with Gasteiger partial charge in [0.1, 0.15) is 0 Å². The molecule has 1 heterocycles. The van der Waals surface area contributed by atoms with E-state index in [1.165, 1.54) is 12.3 Å². The number of carbonyl (C=O) groups is 1. The molecular formula is C11H14BrFN2O. The fourth-order valence-electron chi connectivity index (χ4n) is 1.12. The number of hydrogen-bond donors (Lipinski definition) is 1. The van der Waals surface area contributed by atoms with E-state index in [-0.39, 0.29) is 11.1 Å². The van der Waals surface area contributed by atoms with Gasteiger partial charge in [0.15, 0.2) is 5.82 Å². The highest BCUT2D eigenvalue weighted by atomic mass is 79.9. The molecule has 0 aliphatic carbocycles. The second-order valence-corrected chi connectivity index (χ2v) is 4.42. The van der Waals surface area contributed by atoms with Crippen LogP contribution in [0.1, 0.15) is 30.6 Å². The molecule has 0 aliphatic heterocycles. The molecule has 0 aliphatic rings. The number of halogens is 2. The van der Waals surface area contributed by atoms with Crippen LogP contribution in [-0.4, -0.2) is 21.8 Å². The SMILES string of the molecule is CCC(C)(CBr)NC(=O)c1ccncc1F. The molecule has 5 heteroatoms. The Hall–Kier alpha value is -0.970. The lowest BCUT2D eigenvalue weighted by molar-refractivity contribution is 0.0909. The number of carbonyl (C=O) groups excluding carboxylic acids is 1. The molecule has 0 radical (unpaired) electrons. The number of pyridine rings is 1. The first-order valence-electron chi connectivity index (χ1n) is 5.00. The number of hydrogen-bond acceptors (Lipinski definition) is 2. The maximum Gasteiger partial charge on any atom is 0.254 e. The van der Waals surface area contributed by atoms with Crippen molar-refractivity contribution in [2.45, 2.75) is 25.8 Å². The van der Waals surface area contributed by atoms with Gasteiger partial charge in [-0.3, -0.25) is 9.78 Å². The second-order valence-electron chi connectivity index (χ2n) is 3.86. The molecule has 1 atom stereocenters. The summed E-state index contributed by atoms with van der Waals surface area (Å²) in [5.41, 5.74) is -0.345. The van der Waals surface area contributed by atoms with Gasteiger partial charge in [-0.05, 0) is 19.4 Å². The lowest BCUT2D eigenvalue weighted by Crippen LogP contribution is -2.47. The van der Waals surface area contributed by atoms with E-state index >= 15 is 0 Å². The molecular weight excluding hydrogens is 275 g/mol. The van der Waals surface area contributed by atoms with Gasteiger partial charge >= 0.3 is 0 Å². The summed E-state index contributed by atoms with van der Waals surface area (Å²) < 4.78 is 13.3. The van der Waals surface area contributed by atoms with Crippen LogP contribution in [0.4, 0.5) is 4.39 Å². The van der Waals surface area contributed by atoms with E-state index in [2.05, 4.69) is 26.2 Å². The Labute approximate surface area is 103 Å². The van der Waals surface area contributed by atoms with Crippen LogP contribution in [0.3, 0.4) is 0 Å². The predicted octanol–water partition coefficient (Wildman–Crippen LogP) is 2.51. The standard InChI is InChI=1S/C11H14BrFN2O/c1-3-11(2,7-12)15-10(16)8-4-5-14-6-9(8)13/h4-6H,3,7H2,1-2H3,(H,15,16). The Morgan fingerprint density at radius 2 is 2.38 bits per heavy atom. The van der Waals surface area contributed by atoms with Crippen molar-refractivity contribution in [1.82, 2.24) is 10.3 Å². The van der Waals surface area contributed by atoms with Gasteiger partial charge in [0.25, 0.3) is 5.91 Å². The van der Waals surface area contributed by atoms with Crippen molar-refractivity contribution >= 4 is 21.8 Å². The average molecular weight is 289 g/mol. The quantitative estimate of drug-likeness (QED) is 0.865. The number of nitrogens with one attached hydrogen (secondary N) is 1. The van der Waals surface area contributed by atoms with E-state index in [1.807, 2.05) is 13.8 Å². The topological polar surface area (TPSA) is 42.0 Å². The van der Waals surface area contributed by atoms with Crippen molar-refractivity contribution < 1.29 is 9.18 Å². The minimum atomic E-state index is -0.604. The van der Waals surface area contributed by atoms with Gasteiger partial charge in [-0.25, -0.2) is 4.39 Å². The minimum absolute atomic E-state index is 0.0237. The molecule has 0 fully saturated rings. The van der Waals surface area contributed by atoms with E-state index in [1.54, 1.807) is 0 Å². The third-order valence-corrected chi connectivity index (χ3v) is 3.75. The van der Waals surface area contributed by atoms with Crippen LogP contribution in [0.5, 0.6) is 0 Å². The monoisotopic (exact) mass is 288 g/mol. The van der Waals surface area contributed by atoms with Gasteiger partial charge in [-0.2, -0.15) is 0 Å². The average Bonchev–Trinajstić information content (AvgIpc) is 2.29. The molecule has 1 N–H and O–H groups in total. The highest BCUT2D eigenvalue weighted by Gasteiger charge is 2.24. The molecule has 0 saturated carbocycles. The maximum atomic E-state index is 13.3. The molecule has 88 valence electrons. The molecule has 0 bridgehead atoms. The molecule has 1 amide bonds. The van der Waals surface area contributed by atoms with E-state index in [0.29, 0.717) is 5.33 Å². The van der Waals surface area contributed by atoms with Gasteiger partial charge in [0.2, 0.25) is 0 Å². The molecule has 3 nitrogen and oxygen atoms in total. The first kappa shape index (κ1) is 13.1. The zero-order valence-electron chi connectivity index (χ0n) is 9.26. The van der Waals surface area contributed by atoms with Crippen LogP contribution in [0.25, 0.3) is 0 Å². The van der Waals surface area contributed by atoms with Crippen molar-refractivity contribution in [2.24, 2.45) is 0 Å². The first-order chi connectivity index (χ1) is 7.52. The maximum absolute atomic E-state index is 13.3. The van der Waals surface area contributed by atoms with E-state index in [0.717, 1.165) is 12.6 Å². The normalized spacial score (nSPS) is 14.2. The van der Waals surface area contributed by atoms with Crippen molar-refractivity contribution in [3.8, 4) is 0 Å². The Balaban J connectivity index is 2.84. The largest absolute Gasteiger partial charge is 0.346 e. The van der Waals surface area contributed by atoms with Crippen LogP contribution >= 0.6 is 15.9 Å². The smallest absolute Gasteiger partial charge is 0.254 e. The van der Waals surface area contributed by atoms with Crippen LogP contribution in [0, 0.1) is 5.82 Å². The number of aromatic nitrogens is 1. The molecule has 0 aromatic carbocycles. The van der Waals surface area contributed by atoms with E-state index in [9.17, 15) is 9.18 Å². The highest BCUT2D eigenvalue weighted by Crippen LogP contribution is 2.14. The highest BCUT2D eigenvalue weighted by molar-refractivity contribution is 9.09. The molecule has 1 rings (SSSR count). The summed E-state index contributed by atoms with van der Waals surface area (Å²) in [7, 11) is 0. The molecule has 1 unspecified atom stereocenters. The third kappa shape index (κ3) is 3.01. The van der Waals surface area contributed by atoms with E-state index in [4.69, 9.17) is 0 Å². The second kappa shape index (κ2) is 5.39. The Morgan fingerprint density at radius 3 is 2.88 bits per heavy atom. The molecule has 1 aromatic rings. The summed E-state index contributed by atoms with van der Waals surface area (Å²) in [4.78, 5) is 15.4. The first-order valence-corrected chi connectivity index (χ1v) is 6.12. The Bertz CT molecular complexity index is 380. The van der Waals surface area contributed by atoms with E-state index < -0.39 is 11.7 Å². The van der Waals surface area contributed by atoms with Crippen LogP contribution in [0.15, 0.2) is 18.5 Å². The van der Waals surface area contributed by atoms with Gasteiger partial charge < -0.3 is 5.32 Å². The summed E-state index contributed by atoms with van der Waals surface area (Å²) in [6.07, 6.45) is 3.19. The summed E-state index contributed by atoms with van der Waals surface area (Å²) in [5, 5.41) is 3.42. The molecule has 0 spiro atoms. The lowest BCUT2D eigenvalue weighted by Gasteiger charge is -2.27. The Morgan fingerprint density at radius 1 is 1.69 bits per heavy atom. The van der Waals surface area contributed by atoms with Gasteiger partial charge in [-0.15, -0.1) is 0 Å².